The van der Waals surface area contributed by atoms with E-state index in [9.17, 15) is 0 Å². The first-order valence-electron chi connectivity index (χ1n) is 9.02. The van der Waals surface area contributed by atoms with Crippen molar-refractivity contribution in [1.82, 2.24) is 5.32 Å². The van der Waals surface area contributed by atoms with Gasteiger partial charge in [0, 0.05) is 29.4 Å². The molecule has 138 valence electrons. The maximum absolute atomic E-state index is 6.58. The van der Waals surface area contributed by atoms with E-state index in [4.69, 9.17) is 16.3 Å². The molecule has 0 saturated heterocycles. The lowest BCUT2D eigenvalue weighted by atomic mass is 10.1. The minimum absolute atomic E-state index is 0.750. The van der Waals surface area contributed by atoms with Gasteiger partial charge in [-0.25, -0.2) is 0 Å². The van der Waals surface area contributed by atoms with Gasteiger partial charge < -0.3 is 10.1 Å². The van der Waals surface area contributed by atoms with Crippen LogP contribution in [0, 0.1) is 0 Å². The van der Waals surface area contributed by atoms with Crippen LogP contribution in [0.4, 0.5) is 0 Å². The second-order valence-electron chi connectivity index (χ2n) is 6.38. The van der Waals surface area contributed by atoms with Crippen LogP contribution in [-0.2, 0) is 5.75 Å². The fraction of sp³-hybridized carbons (Fsp3) is 0.227. The van der Waals surface area contributed by atoms with Crippen LogP contribution in [0.5, 0.6) is 5.75 Å². The number of thioether (sulfide) groups is 1. The maximum Gasteiger partial charge on any atom is 0.133 e. The van der Waals surface area contributed by atoms with Gasteiger partial charge in [0.2, 0.25) is 0 Å². The molecule has 0 bridgehead atoms. The van der Waals surface area contributed by atoms with E-state index in [-0.39, 0.29) is 0 Å². The van der Waals surface area contributed by atoms with E-state index < -0.39 is 0 Å². The molecule has 1 aliphatic rings. The number of amidine groups is 1. The molecule has 3 nitrogen and oxygen atoms in total. The zero-order chi connectivity index (χ0) is 18.6. The van der Waals surface area contributed by atoms with E-state index in [1.165, 1.54) is 10.8 Å². The molecular formula is C22H21ClN2OS. The van der Waals surface area contributed by atoms with Gasteiger partial charge in [0.15, 0.2) is 0 Å². The highest BCUT2D eigenvalue weighted by Gasteiger charge is 2.16. The summed E-state index contributed by atoms with van der Waals surface area (Å²) in [6, 6.07) is 18.6. The van der Waals surface area contributed by atoms with Crippen LogP contribution in [0.2, 0.25) is 5.02 Å². The molecule has 0 radical (unpaired) electrons. The Balaban J connectivity index is 1.71. The summed E-state index contributed by atoms with van der Waals surface area (Å²) in [4.78, 5) is 5.79. The molecule has 1 heterocycles. The second kappa shape index (κ2) is 8.24. The predicted octanol–water partition coefficient (Wildman–Crippen LogP) is 5.53. The summed E-state index contributed by atoms with van der Waals surface area (Å²) in [6.07, 6.45) is 1.07. The molecule has 0 atom stereocenters. The standard InChI is InChI=1S/C22H21ClN2OS/c1-26-20-11-10-15-6-2-3-7-16(15)21(20)27-14-18-17(8-4-9-19(18)23)22-24-12-5-13-25-22/h2-4,6-11H,5,12-14H2,1H3,(H,24,25). The van der Waals surface area contributed by atoms with E-state index in [1.807, 2.05) is 18.2 Å². The van der Waals surface area contributed by atoms with Crippen molar-refractivity contribution in [3.05, 3.63) is 70.7 Å². The zero-order valence-electron chi connectivity index (χ0n) is 15.2. The highest BCUT2D eigenvalue weighted by Crippen LogP contribution is 2.39. The van der Waals surface area contributed by atoms with E-state index in [1.54, 1.807) is 18.9 Å². The van der Waals surface area contributed by atoms with Gasteiger partial charge in [-0.2, -0.15) is 0 Å². The van der Waals surface area contributed by atoms with Gasteiger partial charge in [-0.15, -0.1) is 11.8 Å². The molecule has 1 aliphatic heterocycles. The van der Waals surface area contributed by atoms with Gasteiger partial charge in [0.1, 0.15) is 11.6 Å². The Morgan fingerprint density at radius 3 is 2.81 bits per heavy atom. The van der Waals surface area contributed by atoms with Crippen molar-refractivity contribution in [2.24, 2.45) is 4.99 Å². The Morgan fingerprint density at radius 1 is 1.11 bits per heavy atom. The van der Waals surface area contributed by atoms with E-state index in [0.29, 0.717) is 0 Å². The van der Waals surface area contributed by atoms with Gasteiger partial charge in [0.05, 0.1) is 12.0 Å². The van der Waals surface area contributed by atoms with Crippen molar-refractivity contribution < 1.29 is 4.74 Å². The highest BCUT2D eigenvalue weighted by molar-refractivity contribution is 7.98. The quantitative estimate of drug-likeness (QED) is 0.575. The number of hydrogen-bond acceptors (Lipinski definition) is 4. The molecule has 0 spiro atoms. The number of aliphatic imine (C=N–C) groups is 1. The summed E-state index contributed by atoms with van der Waals surface area (Å²) in [5, 5.41) is 6.59. The number of ether oxygens (including phenoxy) is 1. The average molecular weight is 397 g/mol. The third-order valence-electron chi connectivity index (χ3n) is 4.70. The van der Waals surface area contributed by atoms with Crippen LogP contribution in [0.25, 0.3) is 10.8 Å². The summed E-state index contributed by atoms with van der Waals surface area (Å²) < 4.78 is 5.63. The summed E-state index contributed by atoms with van der Waals surface area (Å²) in [7, 11) is 1.72. The summed E-state index contributed by atoms with van der Waals surface area (Å²) in [6.45, 7) is 1.81. The molecule has 4 rings (SSSR count). The minimum Gasteiger partial charge on any atom is -0.496 e. The van der Waals surface area contributed by atoms with Crippen molar-refractivity contribution in [1.29, 1.82) is 0 Å². The normalized spacial score (nSPS) is 13.9. The number of methoxy groups -OCH3 is 1. The fourth-order valence-electron chi connectivity index (χ4n) is 3.32. The van der Waals surface area contributed by atoms with Crippen LogP contribution >= 0.6 is 23.4 Å². The number of benzene rings is 3. The van der Waals surface area contributed by atoms with Gasteiger partial charge in [-0.05, 0) is 34.9 Å². The summed E-state index contributed by atoms with van der Waals surface area (Å²) >= 11 is 8.33. The lowest BCUT2D eigenvalue weighted by molar-refractivity contribution is 0.406. The van der Waals surface area contributed by atoms with Crippen LogP contribution in [0.1, 0.15) is 17.5 Å². The van der Waals surface area contributed by atoms with Crippen LogP contribution in [0.3, 0.4) is 0 Å². The molecule has 27 heavy (non-hydrogen) atoms. The molecule has 0 unspecified atom stereocenters. The first-order valence-corrected chi connectivity index (χ1v) is 10.4. The van der Waals surface area contributed by atoms with Crippen LogP contribution < -0.4 is 10.1 Å². The molecule has 0 aromatic heterocycles. The van der Waals surface area contributed by atoms with Gasteiger partial charge in [0.25, 0.3) is 0 Å². The number of hydrogen-bond donors (Lipinski definition) is 1. The van der Waals surface area contributed by atoms with Gasteiger partial charge in [-0.1, -0.05) is 54.1 Å². The maximum atomic E-state index is 6.58. The number of rotatable bonds is 5. The lowest BCUT2D eigenvalue weighted by Crippen LogP contribution is -2.31. The van der Waals surface area contributed by atoms with Crippen LogP contribution in [0.15, 0.2) is 64.5 Å². The Hall–Kier alpha value is -2.17. The monoisotopic (exact) mass is 396 g/mol. The van der Waals surface area contributed by atoms with Gasteiger partial charge >= 0.3 is 0 Å². The summed E-state index contributed by atoms with van der Waals surface area (Å²) in [5.41, 5.74) is 2.20. The Kier molecular flexibility index (Phi) is 5.55. The third-order valence-corrected chi connectivity index (χ3v) is 6.19. The van der Waals surface area contributed by atoms with Gasteiger partial charge in [-0.3, -0.25) is 4.99 Å². The van der Waals surface area contributed by atoms with Crippen molar-refractivity contribution in [2.45, 2.75) is 17.1 Å². The highest BCUT2D eigenvalue weighted by atomic mass is 35.5. The van der Waals surface area contributed by atoms with E-state index in [0.717, 1.165) is 57.9 Å². The first-order chi connectivity index (χ1) is 13.3. The summed E-state index contributed by atoms with van der Waals surface area (Å²) in [5.74, 6) is 2.59. The number of fused-ring (bicyclic) bond motifs is 1. The predicted molar refractivity (Wildman–Crippen MR) is 116 cm³/mol. The average Bonchev–Trinajstić information content (AvgIpc) is 2.73. The molecule has 3 aromatic carbocycles. The van der Waals surface area contributed by atoms with E-state index in [2.05, 4.69) is 46.7 Å². The second-order valence-corrected chi connectivity index (χ2v) is 7.78. The lowest BCUT2D eigenvalue weighted by Gasteiger charge is -2.19. The van der Waals surface area contributed by atoms with Crippen molar-refractivity contribution in [3.63, 3.8) is 0 Å². The SMILES string of the molecule is COc1ccc2ccccc2c1SCc1c(Cl)cccc1C1=NCCCN1. The van der Waals surface area contributed by atoms with Crippen molar-refractivity contribution in [2.75, 3.05) is 20.2 Å². The van der Waals surface area contributed by atoms with Crippen LogP contribution in [-0.4, -0.2) is 26.0 Å². The largest absolute Gasteiger partial charge is 0.496 e. The Bertz CT molecular complexity index is 1000. The molecule has 3 aromatic rings. The van der Waals surface area contributed by atoms with Crippen molar-refractivity contribution in [3.8, 4) is 5.75 Å². The minimum atomic E-state index is 0.750. The Morgan fingerprint density at radius 2 is 2.00 bits per heavy atom. The molecule has 0 saturated carbocycles. The topological polar surface area (TPSA) is 33.6 Å². The molecule has 5 heteroatoms. The molecular weight excluding hydrogens is 376 g/mol. The Labute approximate surface area is 168 Å². The van der Waals surface area contributed by atoms with Crippen molar-refractivity contribution >= 4 is 40.0 Å². The number of nitrogens with zero attached hydrogens (tertiary/aromatic N) is 1. The molecule has 0 fully saturated rings. The number of nitrogens with one attached hydrogen (secondary N) is 1. The smallest absolute Gasteiger partial charge is 0.133 e. The fourth-order valence-corrected chi connectivity index (χ4v) is 4.87. The molecule has 0 aliphatic carbocycles. The molecule has 0 amide bonds. The van der Waals surface area contributed by atoms with E-state index >= 15 is 0 Å². The first kappa shape index (κ1) is 18.2. The number of halogens is 1. The third kappa shape index (κ3) is 3.78. The molecule has 1 N–H and O–H groups in total. The zero-order valence-corrected chi connectivity index (χ0v) is 16.7.